The van der Waals surface area contributed by atoms with Crippen molar-refractivity contribution < 1.29 is 9.84 Å². The van der Waals surface area contributed by atoms with Gasteiger partial charge in [0.1, 0.15) is 5.75 Å². The molecule has 2 rings (SSSR count). The van der Waals surface area contributed by atoms with Gasteiger partial charge in [-0.25, -0.2) is 0 Å². The van der Waals surface area contributed by atoms with Crippen LogP contribution in [-0.4, -0.2) is 28.6 Å². The molecule has 5 heteroatoms. The van der Waals surface area contributed by atoms with Crippen molar-refractivity contribution in [2.75, 3.05) is 19.0 Å². The Morgan fingerprint density at radius 1 is 1.43 bits per heavy atom. The lowest BCUT2D eigenvalue weighted by molar-refractivity contribution is 0.269. The van der Waals surface area contributed by atoms with Crippen molar-refractivity contribution in [2.24, 2.45) is 0 Å². The number of aliphatic hydroxyl groups is 1. The lowest BCUT2D eigenvalue weighted by Crippen LogP contribution is -2.11. The highest BCUT2D eigenvalue weighted by atomic mass is 16.5. The van der Waals surface area contributed by atoms with Crippen LogP contribution in [0.15, 0.2) is 30.6 Å². The molecule has 0 fully saturated rings. The summed E-state index contributed by atoms with van der Waals surface area (Å²) in [6.45, 7) is 4.81. The van der Waals surface area contributed by atoms with E-state index in [-0.39, 0.29) is 12.6 Å². The van der Waals surface area contributed by atoms with Crippen molar-refractivity contribution in [1.29, 1.82) is 0 Å². The average molecular weight is 289 g/mol. The maximum absolute atomic E-state index is 8.94. The third kappa shape index (κ3) is 3.76. The number of nitrogens with one attached hydrogen (secondary N) is 1. The number of anilines is 1. The lowest BCUT2D eigenvalue weighted by atomic mass is 10.0. The molecule has 21 heavy (non-hydrogen) atoms. The third-order valence-corrected chi connectivity index (χ3v) is 3.47. The first kappa shape index (κ1) is 15.4. The average Bonchev–Trinajstić information content (AvgIpc) is 2.92. The predicted octanol–water partition coefficient (Wildman–Crippen LogP) is 2.76. The van der Waals surface area contributed by atoms with Crippen LogP contribution >= 0.6 is 0 Å². The number of hydrogen-bond donors (Lipinski definition) is 2. The van der Waals surface area contributed by atoms with Crippen LogP contribution in [0, 0.1) is 6.92 Å². The zero-order valence-electron chi connectivity index (χ0n) is 12.8. The quantitative estimate of drug-likeness (QED) is 0.823. The molecule has 2 aromatic rings. The number of aliphatic hydroxyl groups excluding tert-OH is 1. The second-order valence-corrected chi connectivity index (χ2v) is 5.07. The van der Waals surface area contributed by atoms with Gasteiger partial charge in [0.2, 0.25) is 0 Å². The SMILES string of the molecule is CCC(Nc1cnn(CCO)c1)c1cc(C)ccc1OC. The topological polar surface area (TPSA) is 59.3 Å². The van der Waals surface area contributed by atoms with E-state index in [4.69, 9.17) is 9.84 Å². The molecular formula is C16H23N3O2. The minimum Gasteiger partial charge on any atom is -0.496 e. The first-order chi connectivity index (χ1) is 10.2. The molecule has 0 radical (unpaired) electrons. The van der Waals surface area contributed by atoms with Gasteiger partial charge >= 0.3 is 0 Å². The molecule has 0 aliphatic heterocycles. The molecule has 0 saturated carbocycles. The second-order valence-electron chi connectivity index (χ2n) is 5.07. The van der Waals surface area contributed by atoms with Crippen molar-refractivity contribution in [2.45, 2.75) is 32.9 Å². The number of benzene rings is 1. The number of aromatic nitrogens is 2. The minimum atomic E-state index is 0.0873. The van der Waals surface area contributed by atoms with Crippen LogP contribution in [-0.2, 0) is 6.54 Å². The fraction of sp³-hybridized carbons (Fsp3) is 0.438. The monoisotopic (exact) mass is 289 g/mol. The molecule has 1 aromatic heterocycles. The molecule has 0 bridgehead atoms. The molecule has 114 valence electrons. The summed E-state index contributed by atoms with van der Waals surface area (Å²) in [5, 5.41) is 16.6. The standard InChI is InChI=1S/C16H23N3O2/c1-4-15(14-9-12(2)5-6-16(14)21-3)18-13-10-17-19(11-13)7-8-20/h5-6,9-11,15,18,20H,4,7-8H2,1-3H3. The van der Waals surface area contributed by atoms with Gasteiger partial charge < -0.3 is 15.2 Å². The molecule has 1 atom stereocenters. The molecule has 2 N–H and O–H groups in total. The van der Waals surface area contributed by atoms with E-state index in [0.29, 0.717) is 6.54 Å². The first-order valence-corrected chi connectivity index (χ1v) is 7.22. The van der Waals surface area contributed by atoms with Crippen LogP contribution in [0.3, 0.4) is 0 Å². The van der Waals surface area contributed by atoms with Crippen LogP contribution in [0.25, 0.3) is 0 Å². The summed E-state index contributed by atoms with van der Waals surface area (Å²) in [5.41, 5.74) is 3.30. The minimum absolute atomic E-state index is 0.0873. The molecule has 1 unspecified atom stereocenters. The molecule has 5 nitrogen and oxygen atoms in total. The number of methoxy groups -OCH3 is 1. The van der Waals surface area contributed by atoms with Crippen molar-refractivity contribution in [3.63, 3.8) is 0 Å². The van der Waals surface area contributed by atoms with E-state index in [0.717, 1.165) is 23.4 Å². The smallest absolute Gasteiger partial charge is 0.124 e. The largest absolute Gasteiger partial charge is 0.496 e. The summed E-state index contributed by atoms with van der Waals surface area (Å²) in [4.78, 5) is 0. The van der Waals surface area contributed by atoms with Crippen LogP contribution < -0.4 is 10.1 Å². The second kappa shape index (κ2) is 7.13. The van der Waals surface area contributed by atoms with E-state index in [1.807, 2.05) is 18.3 Å². The predicted molar refractivity (Wildman–Crippen MR) is 83.7 cm³/mol. The van der Waals surface area contributed by atoms with Crippen molar-refractivity contribution in [3.8, 4) is 5.75 Å². The van der Waals surface area contributed by atoms with Gasteiger partial charge in [-0.1, -0.05) is 24.6 Å². The molecular weight excluding hydrogens is 266 g/mol. The Labute approximate surface area is 125 Å². The Bertz CT molecular complexity index is 581. The van der Waals surface area contributed by atoms with E-state index < -0.39 is 0 Å². The van der Waals surface area contributed by atoms with E-state index >= 15 is 0 Å². The molecule has 0 aliphatic rings. The summed E-state index contributed by atoms with van der Waals surface area (Å²) in [7, 11) is 1.69. The van der Waals surface area contributed by atoms with Gasteiger partial charge in [-0.15, -0.1) is 0 Å². The number of nitrogens with zero attached hydrogens (tertiary/aromatic N) is 2. The van der Waals surface area contributed by atoms with Crippen LogP contribution in [0.2, 0.25) is 0 Å². The molecule has 1 heterocycles. The number of rotatable bonds is 7. The Balaban J connectivity index is 2.20. The summed E-state index contributed by atoms with van der Waals surface area (Å²) in [6.07, 6.45) is 4.62. The first-order valence-electron chi connectivity index (χ1n) is 7.22. The zero-order chi connectivity index (χ0) is 15.2. The zero-order valence-corrected chi connectivity index (χ0v) is 12.8. The Morgan fingerprint density at radius 3 is 2.90 bits per heavy atom. The van der Waals surface area contributed by atoms with Gasteiger partial charge in [-0.2, -0.15) is 5.10 Å². The Morgan fingerprint density at radius 2 is 2.24 bits per heavy atom. The van der Waals surface area contributed by atoms with Crippen LogP contribution in [0.4, 0.5) is 5.69 Å². The fourth-order valence-electron chi connectivity index (χ4n) is 2.39. The van der Waals surface area contributed by atoms with Gasteiger partial charge in [0.15, 0.2) is 0 Å². The van der Waals surface area contributed by atoms with E-state index in [1.165, 1.54) is 5.56 Å². The van der Waals surface area contributed by atoms with Crippen molar-refractivity contribution in [1.82, 2.24) is 9.78 Å². The summed E-state index contributed by atoms with van der Waals surface area (Å²) < 4.78 is 7.20. The highest BCUT2D eigenvalue weighted by Gasteiger charge is 2.15. The van der Waals surface area contributed by atoms with Gasteiger partial charge in [0.25, 0.3) is 0 Å². The van der Waals surface area contributed by atoms with E-state index in [1.54, 1.807) is 18.0 Å². The summed E-state index contributed by atoms with van der Waals surface area (Å²) in [6, 6.07) is 6.36. The summed E-state index contributed by atoms with van der Waals surface area (Å²) >= 11 is 0. The Kier molecular flexibility index (Phi) is 5.22. The van der Waals surface area contributed by atoms with E-state index in [9.17, 15) is 0 Å². The van der Waals surface area contributed by atoms with Gasteiger partial charge in [-0.3, -0.25) is 4.68 Å². The van der Waals surface area contributed by atoms with Gasteiger partial charge in [-0.05, 0) is 19.4 Å². The van der Waals surface area contributed by atoms with Gasteiger partial charge in [0.05, 0.1) is 38.2 Å². The number of hydrogen-bond acceptors (Lipinski definition) is 4. The molecule has 1 aromatic carbocycles. The normalized spacial score (nSPS) is 12.2. The highest BCUT2D eigenvalue weighted by molar-refractivity contribution is 5.46. The molecule has 0 spiro atoms. The maximum Gasteiger partial charge on any atom is 0.124 e. The lowest BCUT2D eigenvalue weighted by Gasteiger charge is -2.20. The molecule has 0 aliphatic carbocycles. The maximum atomic E-state index is 8.94. The summed E-state index contributed by atoms with van der Waals surface area (Å²) in [5.74, 6) is 0.891. The third-order valence-electron chi connectivity index (χ3n) is 3.47. The van der Waals surface area contributed by atoms with Crippen LogP contribution in [0.5, 0.6) is 5.75 Å². The van der Waals surface area contributed by atoms with Crippen LogP contribution in [0.1, 0.15) is 30.5 Å². The van der Waals surface area contributed by atoms with E-state index in [2.05, 4.69) is 30.3 Å². The fourth-order valence-corrected chi connectivity index (χ4v) is 2.39. The van der Waals surface area contributed by atoms with Crippen molar-refractivity contribution >= 4 is 5.69 Å². The highest BCUT2D eigenvalue weighted by Crippen LogP contribution is 2.30. The molecule has 0 saturated heterocycles. The van der Waals surface area contributed by atoms with Gasteiger partial charge in [0, 0.05) is 11.8 Å². The van der Waals surface area contributed by atoms with Crippen molar-refractivity contribution in [3.05, 3.63) is 41.7 Å². The number of aryl methyl sites for hydroxylation is 1. The Hall–Kier alpha value is -2.01. The molecule has 0 amide bonds. The number of ether oxygens (including phenoxy) is 1.